The van der Waals surface area contributed by atoms with Gasteiger partial charge in [0.1, 0.15) is 5.54 Å². The quantitative estimate of drug-likeness (QED) is 0.853. The minimum Gasteiger partial charge on any atom is -0.467 e. The molecule has 2 heterocycles. The van der Waals surface area contributed by atoms with Crippen LogP contribution in [0.15, 0.2) is 18.5 Å². The van der Waals surface area contributed by atoms with Crippen LogP contribution in [0.25, 0.3) is 11.0 Å². The first kappa shape index (κ1) is 16.9. The SMILES string of the molecule is CC[C@@](C)(NC(=O)c1cnc2c(cnn2C(C)C)c1)C(=O)OC. The molecule has 2 rings (SSSR count). The van der Waals surface area contributed by atoms with Gasteiger partial charge in [0.2, 0.25) is 0 Å². The molecule has 1 N–H and O–H groups in total. The van der Waals surface area contributed by atoms with Crippen molar-refractivity contribution in [3.8, 4) is 0 Å². The topological polar surface area (TPSA) is 86.1 Å². The van der Waals surface area contributed by atoms with Crippen molar-refractivity contribution in [3.63, 3.8) is 0 Å². The first-order chi connectivity index (χ1) is 10.8. The zero-order chi connectivity index (χ0) is 17.2. The van der Waals surface area contributed by atoms with Crippen molar-refractivity contribution in [2.75, 3.05) is 7.11 Å². The predicted octanol–water partition coefficient (Wildman–Crippen LogP) is 2.08. The highest BCUT2D eigenvalue weighted by Crippen LogP contribution is 2.18. The molecule has 7 nitrogen and oxygen atoms in total. The Bertz CT molecular complexity index is 738. The van der Waals surface area contributed by atoms with Crippen molar-refractivity contribution in [2.45, 2.75) is 45.7 Å². The lowest BCUT2D eigenvalue weighted by Crippen LogP contribution is -2.52. The van der Waals surface area contributed by atoms with Crippen LogP contribution in [0.5, 0.6) is 0 Å². The minimum atomic E-state index is -1.07. The Morgan fingerprint density at radius 2 is 2.09 bits per heavy atom. The van der Waals surface area contributed by atoms with Crippen LogP contribution in [-0.2, 0) is 9.53 Å². The number of amides is 1. The Kier molecular flexibility index (Phi) is 4.68. The van der Waals surface area contributed by atoms with E-state index in [2.05, 4.69) is 15.4 Å². The van der Waals surface area contributed by atoms with Crippen molar-refractivity contribution in [1.82, 2.24) is 20.1 Å². The number of fused-ring (bicyclic) bond motifs is 1. The highest BCUT2D eigenvalue weighted by molar-refractivity contribution is 5.99. The minimum absolute atomic E-state index is 0.183. The first-order valence-electron chi connectivity index (χ1n) is 7.56. The highest BCUT2D eigenvalue weighted by atomic mass is 16.5. The highest BCUT2D eigenvalue weighted by Gasteiger charge is 2.34. The van der Waals surface area contributed by atoms with E-state index in [1.54, 1.807) is 23.9 Å². The number of esters is 1. The number of aromatic nitrogens is 3. The molecular weight excluding hydrogens is 296 g/mol. The Balaban J connectivity index is 2.29. The molecule has 1 amide bonds. The third-order valence-corrected chi connectivity index (χ3v) is 3.92. The van der Waals surface area contributed by atoms with Gasteiger partial charge in [-0.05, 0) is 33.3 Å². The van der Waals surface area contributed by atoms with E-state index in [4.69, 9.17) is 4.74 Å². The summed E-state index contributed by atoms with van der Waals surface area (Å²) in [4.78, 5) is 28.6. The second-order valence-corrected chi connectivity index (χ2v) is 5.95. The van der Waals surface area contributed by atoms with E-state index in [0.29, 0.717) is 12.0 Å². The Labute approximate surface area is 135 Å². The number of hydrogen-bond donors (Lipinski definition) is 1. The number of carbonyl (C=O) groups excluding carboxylic acids is 2. The smallest absolute Gasteiger partial charge is 0.331 e. The molecule has 1 atom stereocenters. The van der Waals surface area contributed by atoms with Crippen molar-refractivity contribution in [1.29, 1.82) is 0 Å². The van der Waals surface area contributed by atoms with Crippen molar-refractivity contribution < 1.29 is 14.3 Å². The number of nitrogens with one attached hydrogen (secondary N) is 1. The molecule has 0 saturated carbocycles. The van der Waals surface area contributed by atoms with Gasteiger partial charge in [-0.25, -0.2) is 14.5 Å². The maximum Gasteiger partial charge on any atom is 0.331 e. The summed E-state index contributed by atoms with van der Waals surface area (Å²) >= 11 is 0. The number of methoxy groups -OCH3 is 1. The maximum absolute atomic E-state index is 12.4. The Hall–Kier alpha value is -2.44. The van der Waals surface area contributed by atoms with Crippen molar-refractivity contribution >= 4 is 22.9 Å². The fraction of sp³-hybridized carbons (Fsp3) is 0.500. The molecule has 0 aliphatic carbocycles. The van der Waals surface area contributed by atoms with Crippen LogP contribution >= 0.6 is 0 Å². The van der Waals surface area contributed by atoms with Crippen LogP contribution in [0.4, 0.5) is 0 Å². The summed E-state index contributed by atoms with van der Waals surface area (Å²) in [6.45, 7) is 7.47. The van der Waals surface area contributed by atoms with E-state index in [0.717, 1.165) is 11.0 Å². The average Bonchev–Trinajstić information content (AvgIpc) is 2.96. The third-order valence-electron chi connectivity index (χ3n) is 3.92. The number of hydrogen-bond acceptors (Lipinski definition) is 5. The molecule has 0 saturated heterocycles. The van der Waals surface area contributed by atoms with Gasteiger partial charge in [-0.1, -0.05) is 6.92 Å². The van der Waals surface area contributed by atoms with Crippen LogP contribution in [0.2, 0.25) is 0 Å². The molecule has 0 fully saturated rings. The van der Waals surface area contributed by atoms with E-state index in [1.807, 2.05) is 20.8 Å². The lowest BCUT2D eigenvalue weighted by atomic mass is 9.98. The Morgan fingerprint density at radius 3 is 2.65 bits per heavy atom. The Morgan fingerprint density at radius 1 is 1.39 bits per heavy atom. The molecule has 0 radical (unpaired) electrons. The number of carbonyl (C=O) groups is 2. The van der Waals surface area contributed by atoms with Crippen LogP contribution in [0, 0.1) is 0 Å². The molecule has 124 valence electrons. The lowest BCUT2D eigenvalue weighted by Gasteiger charge is -2.26. The van der Waals surface area contributed by atoms with E-state index < -0.39 is 11.5 Å². The second kappa shape index (κ2) is 6.36. The molecule has 2 aromatic rings. The lowest BCUT2D eigenvalue weighted by molar-refractivity contribution is -0.147. The van der Waals surface area contributed by atoms with E-state index in [9.17, 15) is 9.59 Å². The number of nitrogens with zero attached hydrogens (tertiary/aromatic N) is 3. The molecule has 23 heavy (non-hydrogen) atoms. The number of ether oxygens (including phenoxy) is 1. The molecule has 0 unspecified atom stereocenters. The van der Waals surface area contributed by atoms with Crippen molar-refractivity contribution in [2.24, 2.45) is 0 Å². The van der Waals surface area contributed by atoms with Gasteiger partial charge in [0.05, 0.1) is 18.9 Å². The molecule has 0 aliphatic rings. The van der Waals surface area contributed by atoms with Gasteiger partial charge in [-0.3, -0.25) is 4.79 Å². The summed E-state index contributed by atoms with van der Waals surface area (Å²) in [5.74, 6) is -0.846. The monoisotopic (exact) mass is 318 g/mol. The van der Waals surface area contributed by atoms with Gasteiger partial charge in [-0.15, -0.1) is 0 Å². The molecule has 0 aromatic carbocycles. The molecule has 0 bridgehead atoms. The summed E-state index contributed by atoms with van der Waals surface area (Å²) in [6.07, 6.45) is 3.59. The van der Waals surface area contributed by atoms with Crippen LogP contribution in [0.3, 0.4) is 0 Å². The fourth-order valence-electron chi connectivity index (χ4n) is 2.27. The van der Waals surface area contributed by atoms with Gasteiger partial charge in [0.25, 0.3) is 5.91 Å². The van der Waals surface area contributed by atoms with E-state index >= 15 is 0 Å². The maximum atomic E-state index is 12.4. The fourth-order valence-corrected chi connectivity index (χ4v) is 2.27. The molecule has 7 heteroatoms. The number of rotatable bonds is 5. The van der Waals surface area contributed by atoms with Crippen LogP contribution in [0.1, 0.15) is 50.5 Å². The molecule has 0 aliphatic heterocycles. The average molecular weight is 318 g/mol. The van der Waals surface area contributed by atoms with E-state index in [1.165, 1.54) is 13.3 Å². The van der Waals surface area contributed by atoms with Gasteiger partial charge in [0.15, 0.2) is 5.65 Å². The zero-order valence-corrected chi connectivity index (χ0v) is 14.1. The number of pyridine rings is 1. The predicted molar refractivity (Wildman–Crippen MR) is 86.1 cm³/mol. The largest absolute Gasteiger partial charge is 0.467 e. The summed E-state index contributed by atoms with van der Waals surface area (Å²) in [7, 11) is 1.30. The first-order valence-corrected chi connectivity index (χ1v) is 7.56. The normalized spacial score (nSPS) is 13.8. The summed E-state index contributed by atoms with van der Waals surface area (Å²) in [6, 6.07) is 1.90. The summed E-state index contributed by atoms with van der Waals surface area (Å²) in [5.41, 5.74) is 0.0373. The summed E-state index contributed by atoms with van der Waals surface area (Å²) in [5, 5.41) is 7.78. The van der Waals surface area contributed by atoms with Gasteiger partial charge < -0.3 is 10.1 Å². The van der Waals surface area contributed by atoms with Crippen molar-refractivity contribution in [3.05, 3.63) is 24.0 Å². The van der Waals surface area contributed by atoms with Crippen LogP contribution < -0.4 is 5.32 Å². The van der Waals surface area contributed by atoms with Gasteiger partial charge in [0, 0.05) is 17.6 Å². The van der Waals surface area contributed by atoms with Gasteiger partial charge in [-0.2, -0.15) is 5.10 Å². The van der Waals surface area contributed by atoms with Gasteiger partial charge >= 0.3 is 5.97 Å². The third kappa shape index (κ3) is 3.18. The van der Waals surface area contributed by atoms with Crippen LogP contribution in [-0.4, -0.2) is 39.3 Å². The molecular formula is C16H22N4O3. The molecule has 2 aromatic heterocycles. The zero-order valence-electron chi connectivity index (χ0n) is 14.1. The standard InChI is InChI=1S/C16H22N4O3/c1-6-16(4,15(22)23-5)19-14(21)12-7-11-9-18-20(10(2)3)13(11)17-8-12/h7-10H,6H2,1-5H3,(H,19,21)/t16-/m1/s1. The van der Waals surface area contributed by atoms with E-state index in [-0.39, 0.29) is 11.9 Å². The molecule has 0 spiro atoms. The second-order valence-electron chi connectivity index (χ2n) is 5.95. The summed E-state index contributed by atoms with van der Waals surface area (Å²) < 4.78 is 6.55.